The number of ether oxygens (including phenoxy) is 1. The number of fused-ring (bicyclic) bond motifs is 1. The van der Waals surface area contributed by atoms with E-state index >= 15 is 0 Å². The Hall–Kier alpha value is -6.03. The molecule has 7 aromatic rings. The molecule has 1 N–H and O–H groups in total. The summed E-state index contributed by atoms with van der Waals surface area (Å²) in [4.78, 5) is 30.8. The van der Waals surface area contributed by atoms with E-state index in [2.05, 4.69) is 15.5 Å². The van der Waals surface area contributed by atoms with Gasteiger partial charge in [-0.2, -0.15) is 0 Å². The van der Waals surface area contributed by atoms with Gasteiger partial charge in [0.15, 0.2) is 16.8 Å². The topological polar surface area (TPSA) is 99.0 Å². The maximum atomic E-state index is 13.1. The molecule has 8 nitrogen and oxygen atoms in total. The SMILES string of the molecule is COc1ccc(-c2cc(-c3nnc(SCC(=O)Nc4ccc(C(=O)/C=C/c5ccc(Cl)cc5)cc4)n3-c3ccccc3)c3ccccc3n2)cc1. The van der Waals surface area contributed by atoms with Crippen molar-refractivity contribution >= 4 is 57.7 Å². The van der Waals surface area contributed by atoms with E-state index in [4.69, 9.17) is 21.3 Å². The second kappa shape index (κ2) is 15.2. The molecule has 0 bridgehead atoms. The maximum Gasteiger partial charge on any atom is 0.234 e. The van der Waals surface area contributed by atoms with Crippen LogP contribution in [0.2, 0.25) is 5.02 Å². The molecule has 0 atom stereocenters. The minimum atomic E-state index is -0.220. The molecule has 0 aliphatic rings. The van der Waals surface area contributed by atoms with E-state index in [1.807, 2.05) is 102 Å². The van der Waals surface area contributed by atoms with Crippen LogP contribution in [0.4, 0.5) is 5.69 Å². The summed E-state index contributed by atoms with van der Waals surface area (Å²) in [6, 6.07) is 41.6. The molecule has 0 saturated heterocycles. The van der Waals surface area contributed by atoms with Crippen LogP contribution in [0.3, 0.4) is 0 Å². The van der Waals surface area contributed by atoms with Crippen LogP contribution < -0.4 is 10.1 Å². The number of nitrogens with zero attached hydrogens (tertiary/aromatic N) is 4. The van der Waals surface area contributed by atoms with Crippen molar-refractivity contribution in [2.75, 3.05) is 18.2 Å². The Morgan fingerprint density at radius 3 is 2.31 bits per heavy atom. The number of thioether (sulfide) groups is 1. The standard InChI is InChI=1S/C41H30ClN5O3S/c1-50-33-22-16-28(17-23-33)37-25-35(34-9-5-6-10-36(34)44-37)40-45-46-41(47(40)32-7-3-2-4-8-32)51-26-39(49)43-31-20-14-29(15-21-31)38(48)24-13-27-11-18-30(42)19-12-27/h2-25H,26H2,1H3,(H,43,49)/b24-13+. The predicted octanol–water partition coefficient (Wildman–Crippen LogP) is 9.44. The van der Waals surface area contributed by atoms with Crippen molar-refractivity contribution < 1.29 is 14.3 Å². The van der Waals surface area contributed by atoms with Gasteiger partial charge in [-0.3, -0.25) is 14.2 Å². The lowest BCUT2D eigenvalue weighted by atomic mass is 10.0. The third-order valence-electron chi connectivity index (χ3n) is 8.07. The molecule has 10 heteroatoms. The van der Waals surface area contributed by atoms with E-state index in [0.29, 0.717) is 27.3 Å². The van der Waals surface area contributed by atoms with Crippen LogP contribution in [0.15, 0.2) is 145 Å². The number of methoxy groups -OCH3 is 1. The van der Waals surface area contributed by atoms with Crippen molar-refractivity contribution in [3.8, 4) is 34.1 Å². The lowest BCUT2D eigenvalue weighted by molar-refractivity contribution is -0.113. The number of benzene rings is 5. The van der Waals surface area contributed by atoms with Gasteiger partial charge in [0.25, 0.3) is 0 Å². The molecule has 0 spiro atoms. The van der Waals surface area contributed by atoms with Gasteiger partial charge in [-0.05, 0) is 96.6 Å². The van der Waals surface area contributed by atoms with Crippen LogP contribution in [0.5, 0.6) is 5.75 Å². The Morgan fingerprint density at radius 1 is 0.843 bits per heavy atom. The van der Waals surface area contributed by atoms with Gasteiger partial charge in [0, 0.05) is 38.5 Å². The molecule has 5 aromatic carbocycles. The second-order valence-electron chi connectivity index (χ2n) is 11.4. The van der Waals surface area contributed by atoms with Gasteiger partial charge < -0.3 is 10.1 Å². The zero-order valence-corrected chi connectivity index (χ0v) is 28.9. The summed E-state index contributed by atoms with van der Waals surface area (Å²) in [5.41, 5.74) is 6.22. The molecule has 7 rings (SSSR count). The normalized spacial score (nSPS) is 11.2. The number of halogens is 1. The number of carbonyl (C=O) groups is 2. The van der Waals surface area contributed by atoms with Gasteiger partial charge in [-0.1, -0.05) is 78.0 Å². The molecule has 1 amide bonds. The Morgan fingerprint density at radius 2 is 1.57 bits per heavy atom. The highest BCUT2D eigenvalue weighted by Gasteiger charge is 2.21. The number of anilines is 1. The minimum absolute atomic E-state index is 0.0870. The molecule has 0 saturated carbocycles. The second-order valence-corrected chi connectivity index (χ2v) is 12.8. The molecule has 51 heavy (non-hydrogen) atoms. The highest BCUT2D eigenvalue weighted by Crippen LogP contribution is 2.35. The number of rotatable bonds is 11. The lowest BCUT2D eigenvalue weighted by Crippen LogP contribution is -2.14. The first-order valence-electron chi connectivity index (χ1n) is 16.0. The first-order valence-corrected chi connectivity index (χ1v) is 17.4. The number of aromatic nitrogens is 4. The molecule has 0 unspecified atom stereocenters. The molecule has 0 aliphatic carbocycles. The third-order valence-corrected chi connectivity index (χ3v) is 9.25. The maximum absolute atomic E-state index is 13.1. The fraction of sp³-hybridized carbons (Fsp3) is 0.0488. The first kappa shape index (κ1) is 33.5. The van der Waals surface area contributed by atoms with Gasteiger partial charge in [0.05, 0.1) is 24.1 Å². The molecule has 0 aliphatic heterocycles. The molecular weight excluding hydrogens is 678 g/mol. The van der Waals surface area contributed by atoms with Crippen LogP contribution in [0.1, 0.15) is 15.9 Å². The zero-order valence-electron chi connectivity index (χ0n) is 27.4. The van der Waals surface area contributed by atoms with E-state index in [0.717, 1.165) is 44.7 Å². The van der Waals surface area contributed by atoms with E-state index in [9.17, 15) is 9.59 Å². The van der Waals surface area contributed by atoms with Gasteiger partial charge in [0.2, 0.25) is 5.91 Å². The smallest absolute Gasteiger partial charge is 0.234 e. The fourth-order valence-corrected chi connectivity index (χ4v) is 6.38. The summed E-state index contributed by atoms with van der Waals surface area (Å²) in [5, 5.41) is 14.3. The van der Waals surface area contributed by atoms with E-state index in [-0.39, 0.29) is 17.4 Å². The summed E-state index contributed by atoms with van der Waals surface area (Å²) < 4.78 is 7.32. The molecule has 2 aromatic heterocycles. The fourth-order valence-electron chi connectivity index (χ4n) is 5.50. The largest absolute Gasteiger partial charge is 0.497 e. The van der Waals surface area contributed by atoms with Crippen molar-refractivity contribution in [2.24, 2.45) is 0 Å². The summed E-state index contributed by atoms with van der Waals surface area (Å²) in [5.74, 6) is 1.11. The number of allylic oxidation sites excluding steroid dienone is 1. The highest BCUT2D eigenvalue weighted by atomic mass is 35.5. The molecular formula is C41H30ClN5O3S. The van der Waals surface area contributed by atoms with Crippen molar-refractivity contribution in [1.29, 1.82) is 0 Å². The summed E-state index contributed by atoms with van der Waals surface area (Å²) in [6.07, 6.45) is 3.25. The summed E-state index contributed by atoms with van der Waals surface area (Å²) >= 11 is 7.23. The number of hydrogen-bond donors (Lipinski definition) is 1. The Kier molecular flexibility index (Phi) is 10.0. The number of para-hydroxylation sites is 2. The lowest BCUT2D eigenvalue weighted by Gasteiger charge is -2.13. The molecule has 2 heterocycles. The predicted molar refractivity (Wildman–Crippen MR) is 205 cm³/mol. The van der Waals surface area contributed by atoms with Crippen LogP contribution in [-0.4, -0.2) is 44.3 Å². The van der Waals surface area contributed by atoms with E-state index in [1.165, 1.54) is 17.8 Å². The monoisotopic (exact) mass is 707 g/mol. The van der Waals surface area contributed by atoms with Crippen LogP contribution in [0.25, 0.3) is 45.3 Å². The molecule has 0 fully saturated rings. The van der Waals surface area contributed by atoms with Crippen LogP contribution in [-0.2, 0) is 4.79 Å². The number of carbonyl (C=O) groups excluding carboxylic acids is 2. The van der Waals surface area contributed by atoms with Crippen molar-refractivity contribution in [2.45, 2.75) is 5.16 Å². The number of nitrogens with one attached hydrogen (secondary N) is 1. The zero-order chi connectivity index (χ0) is 35.2. The van der Waals surface area contributed by atoms with Crippen LogP contribution >= 0.6 is 23.4 Å². The number of pyridine rings is 1. The van der Waals surface area contributed by atoms with Gasteiger partial charge >= 0.3 is 0 Å². The molecule has 250 valence electrons. The summed E-state index contributed by atoms with van der Waals surface area (Å²) in [6.45, 7) is 0. The van der Waals surface area contributed by atoms with E-state index in [1.54, 1.807) is 49.6 Å². The van der Waals surface area contributed by atoms with Gasteiger partial charge in [-0.15, -0.1) is 10.2 Å². The average molecular weight is 708 g/mol. The average Bonchev–Trinajstić information content (AvgIpc) is 3.61. The number of ketones is 1. The minimum Gasteiger partial charge on any atom is -0.497 e. The summed E-state index contributed by atoms with van der Waals surface area (Å²) in [7, 11) is 1.64. The van der Waals surface area contributed by atoms with Gasteiger partial charge in [0.1, 0.15) is 5.75 Å². The first-order chi connectivity index (χ1) is 24.9. The highest BCUT2D eigenvalue weighted by molar-refractivity contribution is 7.99. The number of hydrogen-bond acceptors (Lipinski definition) is 7. The van der Waals surface area contributed by atoms with Crippen molar-refractivity contribution in [3.05, 3.63) is 156 Å². The Balaban J connectivity index is 1.12. The van der Waals surface area contributed by atoms with Crippen molar-refractivity contribution in [1.82, 2.24) is 19.7 Å². The Labute approximate surface area is 303 Å². The Bertz CT molecular complexity index is 2360. The van der Waals surface area contributed by atoms with E-state index < -0.39 is 0 Å². The quantitative estimate of drug-likeness (QED) is 0.0812. The van der Waals surface area contributed by atoms with Crippen molar-refractivity contribution in [3.63, 3.8) is 0 Å². The molecule has 0 radical (unpaired) electrons. The van der Waals surface area contributed by atoms with Crippen LogP contribution in [0, 0.1) is 0 Å². The number of amides is 1. The van der Waals surface area contributed by atoms with Gasteiger partial charge in [-0.25, -0.2) is 4.98 Å². The third kappa shape index (κ3) is 7.75.